The topological polar surface area (TPSA) is 108 Å². The number of fused-ring (bicyclic) bond motifs is 1. The number of aliphatic hydroxyl groups is 1. The number of amides is 1. The molecule has 3 aromatic rings. The van der Waals surface area contributed by atoms with Crippen LogP contribution < -0.4 is 5.43 Å². The van der Waals surface area contributed by atoms with E-state index >= 15 is 0 Å². The van der Waals surface area contributed by atoms with Crippen molar-refractivity contribution in [2.24, 2.45) is 0 Å². The first-order valence-electron chi connectivity index (χ1n) is 12.3. The van der Waals surface area contributed by atoms with Crippen molar-refractivity contribution in [1.82, 2.24) is 25.1 Å². The first-order valence-corrected chi connectivity index (χ1v) is 14.8. The van der Waals surface area contributed by atoms with Crippen LogP contribution in [0.25, 0.3) is 17.3 Å². The molecule has 2 aromatic carbocycles. The fraction of sp³-hybridized carbons (Fsp3) is 0.308. The molecule has 9 nitrogen and oxygen atoms in total. The van der Waals surface area contributed by atoms with Crippen LogP contribution in [-0.2, 0) is 15.6 Å². The summed E-state index contributed by atoms with van der Waals surface area (Å²) in [6, 6.07) is 10.5. The molecular weight excluding hydrogens is 568 g/mol. The third-order valence-corrected chi connectivity index (χ3v) is 8.66. The molecule has 3 heterocycles. The number of rotatable bonds is 6. The lowest BCUT2D eigenvalue weighted by molar-refractivity contribution is 0.0576. The van der Waals surface area contributed by atoms with Gasteiger partial charge in [-0.1, -0.05) is 35.3 Å². The number of β-amino-alcohol motifs (C(OH)–C–C–N with tert-alkyl or cyclic N) is 1. The molecule has 206 valence electrons. The minimum Gasteiger partial charge on any atom is -0.395 e. The normalized spacial score (nSPS) is 18.7. The SMILES string of the molecule is O=C(NN1CCN(CCO)CC1)c1nn(-c2ccc(Cl)cc2Cl)c2c1CS(=O)(=O)CC2=Cc1ccc(F)cc1. The molecule has 0 radical (unpaired) electrons. The van der Waals surface area contributed by atoms with Crippen molar-refractivity contribution in [3.8, 4) is 5.69 Å². The minimum atomic E-state index is -3.64. The number of hydrogen-bond acceptors (Lipinski definition) is 7. The van der Waals surface area contributed by atoms with E-state index in [2.05, 4.69) is 15.4 Å². The second-order valence-electron chi connectivity index (χ2n) is 9.43. The number of nitrogens with zero attached hydrogens (tertiary/aromatic N) is 4. The van der Waals surface area contributed by atoms with Crippen LogP contribution in [0.5, 0.6) is 0 Å². The van der Waals surface area contributed by atoms with Gasteiger partial charge in [-0.3, -0.25) is 15.1 Å². The maximum absolute atomic E-state index is 13.5. The first kappa shape index (κ1) is 27.8. The summed E-state index contributed by atoms with van der Waals surface area (Å²) < 4.78 is 41.1. The number of aromatic nitrogens is 2. The number of sulfone groups is 1. The van der Waals surface area contributed by atoms with Crippen molar-refractivity contribution < 1.29 is 22.7 Å². The molecule has 0 aliphatic carbocycles. The Bertz CT molecular complexity index is 1530. The Kier molecular flexibility index (Phi) is 8.08. The van der Waals surface area contributed by atoms with E-state index in [1.807, 2.05) is 0 Å². The molecule has 2 N–H and O–H groups in total. The molecule has 13 heteroatoms. The van der Waals surface area contributed by atoms with Crippen LogP contribution in [-0.4, -0.2) is 84.2 Å². The summed E-state index contributed by atoms with van der Waals surface area (Å²) in [6.45, 7) is 3.00. The Morgan fingerprint density at radius 2 is 1.79 bits per heavy atom. The molecule has 1 fully saturated rings. The lowest BCUT2D eigenvalue weighted by atomic mass is 10.0. The average Bonchev–Trinajstić information content (AvgIpc) is 3.25. The van der Waals surface area contributed by atoms with E-state index in [0.717, 1.165) is 0 Å². The zero-order valence-corrected chi connectivity index (χ0v) is 23.1. The van der Waals surface area contributed by atoms with Gasteiger partial charge >= 0.3 is 0 Å². The summed E-state index contributed by atoms with van der Waals surface area (Å²) in [5.74, 6) is -1.61. The zero-order chi connectivity index (χ0) is 27.7. The molecule has 0 unspecified atom stereocenters. The molecule has 5 rings (SSSR count). The van der Waals surface area contributed by atoms with E-state index in [4.69, 9.17) is 28.3 Å². The van der Waals surface area contributed by atoms with E-state index in [9.17, 15) is 17.6 Å². The Morgan fingerprint density at radius 1 is 1.08 bits per heavy atom. The Hall–Kier alpha value is -2.80. The smallest absolute Gasteiger partial charge is 0.286 e. The quantitative estimate of drug-likeness (QED) is 0.452. The van der Waals surface area contributed by atoms with Crippen LogP contribution >= 0.6 is 23.2 Å². The van der Waals surface area contributed by atoms with Crippen molar-refractivity contribution in [2.75, 3.05) is 45.1 Å². The highest BCUT2D eigenvalue weighted by Crippen LogP contribution is 2.36. The molecule has 2 aliphatic heterocycles. The highest BCUT2D eigenvalue weighted by Gasteiger charge is 2.36. The standard InChI is InChI=1S/C26H26Cl2FN5O4S/c27-19-3-6-23(22(28)14-19)34-25-18(13-17-1-4-20(29)5-2-17)15-39(37,38)16-21(25)24(30-34)26(36)31-33-9-7-32(8-10-33)11-12-35/h1-6,13-14,35H,7-12,15-16H2,(H,31,36). The van der Waals surface area contributed by atoms with Gasteiger partial charge in [0.1, 0.15) is 5.82 Å². The van der Waals surface area contributed by atoms with Crippen LogP contribution in [0.1, 0.15) is 27.3 Å². The number of nitrogens with one attached hydrogen (secondary N) is 1. The third kappa shape index (κ3) is 6.19. The highest BCUT2D eigenvalue weighted by molar-refractivity contribution is 7.91. The monoisotopic (exact) mass is 593 g/mol. The van der Waals surface area contributed by atoms with E-state index in [0.29, 0.717) is 60.3 Å². The summed E-state index contributed by atoms with van der Waals surface area (Å²) in [5, 5.41) is 16.2. The van der Waals surface area contributed by atoms with Gasteiger partial charge in [0.2, 0.25) is 0 Å². The molecular formula is C26H26Cl2FN5O4S. The fourth-order valence-electron chi connectivity index (χ4n) is 4.79. The second kappa shape index (κ2) is 11.4. The van der Waals surface area contributed by atoms with Crippen molar-refractivity contribution >= 4 is 50.6 Å². The number of hydrogen-bond donors (Lipinski definition) is 2. The van der Waals surface area contributed by atoms with Crippen LogP contribution in [0.4, 0.5) is 4.39 Å². The van der Waals surface area contributed by atoms with Crippen molar-refractivity contribution in [2.45, 2.75) is 5.75 Å². The summed E-state index contributed by atoms with van der Waals surface area (Å²) in [6.07, 6.45) is 1.65. The summed E-state index contributed by atoms with van der Waals surface area (Å²) >= 11 is 12.6. The van der Waals surface area contributed by atoms with Gasteiger partial charge in [-0.25, -0.2) is 22.5 Å². The van der Waals surface area contributed by atoms with Gasteiger partial charge < -0.3 is 5.11 Å². The van der Waals surface area contributed by atoms with Crippen molar-refractivity contribution in [3.63, 3.8) is 0 Å². The number of piperazine rings is 1. The van der Waals surface area contributed by atoms with E-state index in [-0.39, 0.29) is 34.4 Å². The lowest BCUT2D eigenvalue weighted by Crippen LogP contribution is -2.54. The van der Waals surface area contributed by atoms with Crippen LogP contribution in [0.2, 0.25) is 10.0 Å². The lowest BCUT2D eigenvalue weighted by Gasteiger charge is -2.34. The van der Waals surface area contributed by atoms with Gasteiger partial charge in [0.15, 0.2) is 15.5 Å². The van der Waals surface area contributed by atoms with Gasteiger partial charge in [-0.2, -0.15) is 5.10 Å². The van der Waals surface area contributed by atoms with Gasteiger partial charge in [0.25, 0.3) is 5.91 Å². The fourth-order valence-corrected chi connectivity index (χ4v) is 6.79. The largest absolute Gasteiger partial charge is 0.395 e. The molecule has 0 spiro atoms. The molecule has 1 saturated heterocycles. The molecule has 0 atom stereocenters. The molecule has 0 bridgehead atoms. The number of hydrazine groups is 1. The Balaban J connectivity index is 1.59. The number of benzene rings is 2. The Labute approximate surface area is 235 Å². The summed E-state index contributed by atoms with van der Waals surface area (Å²) in [5.41, 5.74) is 4.95. The Morgan fingerprint density at radius 3 is 2.46 bits per heavy atom. The van der Waals surface area contributed by atoms with Gasteiger partial charge in [-0.15, -0.1) is 0 Å². The first-order chi connectivity index (χ1) is 18.6. The molecule has 1 aromatic heterocycles. The molecule has 2 aliphatic rings. The minimum absolute atomic E-state index is 0.0258. The van der Waals surface area contributed by atoms with Crippen molar-refractivity contribution in [1.29, 1.82) is 0 Å². The van der Waals surface area contributed by atoms with Gasteiger partial charge in [0, 0.05) is 43.3 Å². The number of aliphatic hydroxyl groups excluding tert-OH is 1. The number of carbonyl (C=O) groups excluding carboxylic acids is 1. The predicted octanol–water partition coefficient (Wildman–Crippen LogP) is 3.04. The summed E-state index contributed by atoms with van der Waals surface area (Å²) in [4.78, 5) is 15.6. The van der Waals surface area contributed by atoms with E-state index < -0.39 is 21.6 Å². The molecule has 0 saturated carbocycles. The van der Waals surface area contributed by atoms with Crippen LogP contribution in [0.15, 0.2) is 42.5 Å². The van der Waals surface area contributed by atoms with Crippen LogP contribution in [0, 0.1) is 5.82 Å². The zero-order valence-electron chi connectivity index (χ0n) is 20.8. The number of halogens is 3. The van der Waals surface area contributed by atoms with E-state index in [1.165, 1.54) is 16.8 Å². The van der Waals surface area contributed by atoms with Crippen molar-refractivity contribution in [3.05, 3.63) is 80.8 Å². The molecule has 1 amide bonds. The predicted molar refractivity (Wildman–Crippen MR) is 148 cm³/mol. The molecule has 39 heavy (non-hydrogen) atoms. The average molecular weight is 594 g/mol. The maximum Gasteiger partial charge on any atom is 0.286 e. The van der Waals surface area contributed by atoms with Crippen LogP contribution in [0.3, 0.4) is 0 Å². The third-order valence-electron chi connectivity index (χ3n) is 6.64. The van der Waals surface area contributed by atoms with Gasteiger partial charge in [-0.05, 0) is 47.5 Å². The summed E-state index contributed by atoms with van der Waals surface area (Å²) in [7, 11) is -3.64. The number of carbonyl (C=O) groups is 1. The van der Waals surface area contributed by atoms with Gasteiger partial charge in [0.05, 0.1) is 34.5 Å². The maximum atomic E-state index is 13.5. The highest BCUT2D eigenvalue weighted by atomic mass is 35.5. The second-order valence-corrected chi connectivity index (χ2v) is 12.3. The van der Waals surface area contributed by atoms with E-state index in [1.54, 1.807) is 41.4 Å².